The third-order valence-corrected chi connectivity index (χ3v) is 2.23. The fourth-order valence-corrected chi connectivity index (χ4v) is 0.770. The minimum absolute atomic E-state index is 0.0571. The summed E-state index contributed by atoms with van der Waals surface area (Å²) >= 11 is 0. The number of carbonyl (C=O) groups is 1. The van der Waals surface area contributed by atoms with E-state index in [0.29, 0.717) is 0 Å². The van der Waals surface area contributed by atoms with Gasteiger partial charge in [0.05, 0.1) is 5.17 Å². The van der Waals surface area contributed by atoms with Crippen molar-refractivity contribution in [1.82, 2.24) is 5.17 Å². The Bertz CT molecular complexity index is 602. The van der Waals surface area contributed by atoms with Crippen molar-refractivity contribution in [3.8, 4) is 0 Å². The maximum Gasteiger partial charge on any atom is 0.522 e. The van der Waals surface area contributed by atoms with E-state index in [0.717, 1.165) is 0 Å². The molecular weight excluding hydrogens is 325 g/mol. The minimum Gasteiger partial charge on any atom is -0.279 e. The number of nitro groups is 1. The highest BCUT2D eigenvalue weighted by atomic mass is 32.2. The van der Waals surface area contributed by atoms with Crippen molar-refractivity contribution in [2.45, 2.75) is 5.51 Å². The first-order valence-electron chi connectivity index (χ1n) is 4.64. The minimum atomic E-state index is -5.84. The Morgan fingerprint density at radius 1 is 1.24 bits per heavy atom. The molecule has 0 spiro atoms. The van der Waals surface area contributed by atoms with Crippen LogP contribution in [0.25, 0.3) is 0 Å². The predicted octanol–water partition coefficient (Wildman–Crippen LogP) is 1.10. The molecule has 0 aliphatic rings. The van der Waals surface area contributed by atoms with Crippen molar-refractivity contribution in [3.63, 3.8) is 0 Å². The van der Waals surface area contributed by atoms with Crippen molar-refractivity contribution < 1.29 is 41.2 Å². The van der Waals surface area contributed by atoms with Gasteiger partial charge in [0.2, 0.25) is 0 Å². The Labute approximate surface area is 115 Å². The van der Waals surface area contributed by atoms with Gasteiger partial charge in [-0.3, -0.25) is 9.35 Å². The predicted molar refractivity (Wildman–Crippen MR) is 59.0 cm³/mol. The third-order valence-electron chi connectivity index (χ3n) is 1.65. The fraction of sp³-hybridized carbons (Fsp3) is 0.125. The van der Waals surface area contributed by atoms with Crippen molar-refractivity contribution in [2.24, 2.45) is 0 Å². The van der Waals surface area contributed by atoms with Gasteiger partial charge in [-0.25, -0.2) is 15.3 Å². The van der Waals surface area contributed by atoms with Gasteiger partial charge < -0.3 is 0 Å². The van der Waals surface area contributed by atoms with Crippen LogP contribution in [-0.4, -0.2) is 39.8 Å². The Morgan fingerprint density at radius 2 is 1.62 bits per heavy atom. The molecule has 0 aliphatic carbocycles. The monoisotopic (exact) mass is 332 g/mol. The molecular formula is C8H7F3N2O7S. The number of alkyl halides is 3. The maximum absolute atomic E-state index is 11.0. The Kier molecular flexibility index (Phi) is 6.21. The molecule has 0 aromatic heterocycles. The lowest BCUT2D eigenvalue weighted by Gasteiger charge is -2.02. The van der Waals surface area contributed by atoms with Crippen LogP contribution >= 0.6 is 0 Å². The number of amides is 1. The largest absolute Gasteiger partial charge is 0.522 e. The number of halogens is 3. The molecule has 0 saturated heterocycles. The summed E-state index contributed by atoms with van der Waals surface area (Å²) in [6, 6.07) is 7.48. The van der Waals surface area contributed by atoms with Gasteiger partial charge in [-0.1, -0.05) is 18.2 Å². The highest BCUT2D eigenvalue weighted by Crippen LogP contribution is 2.20. The summed E-state index contributed by atoms with van der Waals surface area (Å²) in [6.07, 6.45) is 0. The molecule has 118 valence electrons. The topological polar surface area (TPSA) is 138 Å². The first-order valence-corrected chi connectivity index (χ1v) is 6.08. The smallest absolute Gasteiger partial charge is 0.279 e. The zero-order valence-corrected chi connectivity index (χ0v) is 10.6. The van der Waals surface area contributed by atoms with Gasteiger partial charge in [-0.2, -0.15) is 21.6 Å². The first-order chi connectivity index (χ1) is 9.38. The van der Waals surface area contributed by atoms with Gasteiger partial charge in [0, 0.05) is 5.56 Å². The van der Waals surface area contributed by atoms with Crippen molar-refractivity contribution in [3.05, 3.63) is 46.0 Å². The van der Waals surface area contributed by atoms with Crippen LogP contribution in [0.2, 0.25) is 0 Å². The van der Waals surface area contributed by atoms with Crippen molar-refractivity contribution in [2.75, 3.05) is 0 Å². The molecule has 1 amide bonds. The van der Waals surface area contributed by atoms with Gasteiger partial charge in [-0.15, -0.1) is 0 Å². The summed E-state index contributed by atoms with van der Waals surface area (Å²) in [5.74, 6) is -1.06. The van der Waals surface area contributed by atoms with Crippen LogP contribution in [0.15, 0.2) is 30.3 Å². The molecule has 13 heteroatoms. The molecule has 0 unspecified atom stereocenters. The molecule has 0 bridgehead atoms. The van der Waals surface area contributed by atoms with Crippen LogP contribution in [0, 0.1) is 10.1 Å². The van der Waals surface area contributed by atoms with Gasteiger partial charge in [-0.05, 0) is 12.1 Å². The molecule has 0 heterocycles. The molecule has 2 N–H and O–H groups in total. The molecule has 9 nitrogen and oxygen atoms in total. The lowest BCUT2D eigenvalue weighted by atomic mass is 10.2. The summed E-state index contributed by atoms with van der Waals surface area (Å²) in [5.41, 5.74) is -5.48. The zero-order chi connectivity index (χ0) is 16.8. The van der Waals surface area contributed by atoms with Crippen LogP contribution in [0.4, 0.5) is 13.2 Å². The molecule has 21 heavy (non-hydrogen) atoms. The van der Waals surface area contributed by atoms with E-state index < -0.39 is 31.7 Å². The quantitative estimate of drug-likeness (QED) is 0.272. The van der Waals surface area contributed by atoms with E-state index in [1.54, 1.807) is 18.2 Å². The first kappa shape index (κ1) is 18.8. The van der Waals surface area contributed by atoms with E-state index in [-0.39, 0.29) is 5.56 Å². The second-order valence-corrected chi connectivity index (χ2v) is 4.53. The number of rotatable bonds is 2. The van der Waals surface area contributed by atoms with Crippen LogP contribution < -0.4 is 0 Å². The van der Waals surface area contributed by atoms with Gasteiger partial charge >= 0.3 is 21.5 Å². The number of hydrogen-bond donors (Lipinski definition) is 2. The number of benzene rings is 1. The van der Waals surface area contributed by atoms with E-state index in [1.165, 1.54) is 12.1 Å². The number of hydrogen-bond acceptors (Lipinski definition) is 6. The normalized spacial score (nSPS) is 11.1. The summed E-state index contributed by atoms with van der Waals surface area (Å²) in [6.45, 7) is 0. The molecule has 0 fully saturated rings. The van der Waals surface area contributed by atoms with Crippen molar-refractivity contribution >= 4 is 16.0 Å². The second-order valence-electron chi connectivity index (χ2n) is 3.12. The number of hydroxylamine groups is 1. The molecule has 1 rings (SSSR count). The van der Waals surface area contributed by atoms with Gasteiger partial charge in [0.1, 0.15) is 0 Å². The van der Waals surface area contributed by atoms with Gasteiger partial charge in [0.15, 0.2) is 5.03 Å². The summed E-state index contributed by atoms with van der Waals surface area (Å²) in [7, 11) is -5.84. The number of nitrogens with zero attached hydrogens (tertiary/aromatic N) is 2. The van der Waals surface area contributed by atoms with E-state index >= 15 is 0 Å². The molecule has 0 saturated carbocycles. The Hall–Kier alpha value is -2.25. The lowest BCUT2D eigenvalue weighted by Crippen LogP contribution is -2.32. The van der Waals surface area contributed by atoms with E-state index in [4.69, 9.17) is 18.2 Å². The summed E-state index contributed by atoms with van der Waals surface area (Å²) in [5, 5.41) is 16.9. The van der Waals surface area contributed by atoms with Crippen LogP contribution in [0.5, 0.6) is 0 Å². The maximum atomic E-state index is 11.0. The zero-order valence-electron chi connectivity index (χ0n) is 9.76. The Balaban J connectivity index is 0.000000433. The summed E-state index contributed by atoms with van der Waals surface area (Å²) < 4.78 is 57.5. The number of carbonyl (C=O) groups excluding carboxylic acids is 1. The van der Waals surface area contributed by atoms with E-state index in [2.05, 4.69) is 0 Å². The molecule has 0 radical (unpaired) electrons. The van der Waals surface area contributed by atoms with Gasteiger partial charge in [0.25, 0.3) is 0 Å². The standard InChI is InChI=1S/C7H6N2O4.CHF3O3S/c10-7(8(11)9(12)13)6-4-2-1-3-5-6;2-1(3,4)8(5,6)7/h1-5,11H;(H,5,6,7). The third kappa shape index (κ3) is 6.15. The Morgan fingerprint density at radius 3 is 1.90 bits per heavy atom. The molecule has 0 aliphatic heterocycles. The number of hydrazine groups is 1. The van der Waals surface area contributed by atoms with Crippen LogP contribution in [0.1, 0.15) is 10.4 Å². The summed E-state index contributed by atoms with van der Waals surface area (Å²) in [4.78, 5) is 21.0. The van der Waals surface area contributed by atoms with Crippen molar-refractivity contribution in [1.29, 1.82) is 0 Å². The van der Waals surface area contributed by atoms with Crippen LogP contribution in [0.3, 0.4) is 0 Å². The average Bonchev–Trinajstić information content (AvgIpc) is 2.36. The highest BCUT2D eigenvalue weighted by molar-refractivity contribution is 7.86. The molecule has 1 aromatic carbocycles. The molecule has 0 atom stereocenters. The lowest BCUT2D eigenvalue weighted by molar-refractivity contribution is -0.702. The molecule has 1 aromatic rings. The second kappa shape index (κ2) is 6.96. The van der Waals surface area contributed by atoms with E-state index in [9.17, 15) is 28.1 Å². The fourth-order valence-electron chi connectivity index (χ4n) is 0.770. The van der Waals surface area contributed by atoms with Crippen LogP contribution in [-0.2, 0) is 10.1 Å². The highest BCUT2D eigenvalue weighted by Gasteiger charge is 2.44. The SMILES string of the molecule is O=C(c1ccccc1)N(O)[N+](=O)[O-].O=S(=O)(O)C(F)(F)F. The van der Waals surface area contributed by atoms with E-state index in [1.807, 2.05) is 0 Å². The average molecular weight is 332 g/mol.